The standard InChI is InChI=1S/C23H46N2O3S2/c1-5-10-22(7-3)11-8-15-27-17-13-24-19-23(26)12-9-16-28-20-30-29-18-14-25-21(4)6-2/h8,11,21-22,24-25H,5-7,9-10,12-20H2,1-4H3/b11-8+. The second-order valence-corrected chi connectivity index (χ2v) is 10.0. The predicted octanol–water partition coefficient (Wildman–Crippen LogP) is 5.07. The minimum Gasteiger partial charge on any atom is -0.376 e. The van der Waals surface area contributed by atoms with Crippen LogP contribution in [0, 0.1) is 5.92 Å². The van der Waals surface area contributed by atoms with E-state index in [1.54, 1.807) is 10.8 Å². The van der Waals surface area contributed by atoms with Gasteiger partial charge in [0.15, 0.2) is 0 Å². The van der Waals surface area contributed by atoms with Crippen LogP contribution in [0.4, 0.5) is 0 Å². The van der Waals surface area contributed by atoms with Crippen molar-refractivity contribution < 1.29 is 14.3 Å². The molecule has 178 valence electrons. The first-order chi connectivity index (χ1) is 14.6. The number of Topliss-reactive ketones (excluding diaryl/α,β-unsaturated/α-hetero) is 1. The zero-order valence-electron chi connectivity index (χ0n) is 19.8. The summed E-state index contributed by atoms with van der Waals surface area (Å²) in [6.07, 6.45) is 10.6. The summed E-state index contributed by atoms with van der Waals surface area (Å²) in [5.74, 6) is 2.68. The van der Waals surface area contributed by atoms with Gasteiger partial charge in [0, 0.05) is 37.9 Å². The van der Waals surface area contributed by atoms with Gasteiger partial charge in [-0.1, -0.05) is 60.9 Å². The van der Waals surface area contributed by atoms with E-state index in [0.717, 1.165) is 18.7 Å². The third kappa shape index (κ3) is 21.2. The monoisotopic (exact) mass is 462 g/mol. The van der Waals surface area contributed by atoms with Gasteiger partial charge in [-0.25, -0.2) is 0 Å². The van der Waals surface area contributed by atoms with Crippen molar-refractivity contribution in [2.24, 2.45) is 5.92 Å². The highest BCUT2D eigenvalue weighted by molar-refractivity contribution is 8.76. The molecule has 0 saturated heterocycles. The third-order valence-electron chi connectivity index (χ3n) is 4.80. The molecule has 5 nitrogen and oxygen atoms in total. The van der Waals surface area contributed by atoms with E-state index in [-0.39, 0.29) is 5.78 Å². The molecule has 0 heterocycles. The minimum atomic E-state index is 0.238. The van der Waals surface area contributed by atoms with Crippen molar-refractivity contribution in [2.75, 3.05) is 51.1 Å². The Balaban J connectivity index is 3.34. The zero-order chi connectivity index (χ0) is 22.3. The van der Waals surface area contributed by atoms with Crippen LogP contribution in [-0.4, -0.2) is 63.0 Å². The van der Waals surface area contributed by atoms with E-state index in [1.807, 2.05) is 10.8 Å². The Labute approximate surface area is 193 Å². The number of allylic oxidation sites excluding steroid dienone is 1. The van der Waals surface area contributed by atoms with E-state index in [0.29, 0.717) is 57.2 Å². The molecule has 0 radical (unpaired) electrons. The lowest BCUT2D eigenvalue weighted by atomic mass is 10.0. The molecule has 0 aromatic heterocycles. The summed E-state index contributed by atoms with van der Waals surface area (Å²) in [6.45, 7) is 12.9. The average molecular weight is 463 g/mol. The summed E-state index contributed by atoms with van der Waals surface area (Å²) < 4.78 is 11.2. The summed E-state index contributed by atoms with van der Waals surface area (Å²) in [5, 5.41) is 6.63. The smallest absolute Gasteiger partial charge is 0.146 e. The zero-order valence-corrected chi connectivity index (χ0v) is 21.4. The molecule has 30 heavy (non-hydrogen) atoms. The largest absolute Gasteiger partial charge is 0.376 e. The van der Waals surface area contributed by atoms with Gasteiger partial charge in [0.05, 0.1) is 19.8 Å². The topological polar surface area (TPSA) is 59.6 Å². The molecular formula is C23H46N2O3S2. The molecule has 0 fully saturated rings. The third-order valence-corrected chi connectivity index (χ3v) is 6.89. The van der Waals surface area contributed by atoms with Gasteiger partial charge in [-0.3, -0.25) is 4.79 Å². The number of ether oxygens (including phenoxy) is 2. The van der Waals surface area contributed by atoms with Gasteiger partial charge < -0.3 is 20.1 Å². The highest BCUT2D eigenvalue weighted by Crippen LogP contribution is 2.20. The Bertz CT molecular complexity index is 412. The van der Waals surface area contributed by atoms with Crippen molar-refractivity contribution in [2.45, 2.75) is 72.3 Å². The minimum absolute atomic E-state index is 0.238. The van der Waals surface area contributed by atoms with Gasteiger partial charge in [0.25, 0.3) is 0 Å². The molecule has 0 aliphatic carbocycles. The van der Waals surface area contributed by atoms with Crippen molar-refractivity contribution in [3.63, 3.8) is 0 Å². The Morgan fingerprint density at radius 3 is 2.63 bits per heavy atom. The fourth-order valence-electron chi connectivity index (χ4n) is 2.72. The molecule has 0 bridgehead atoms. The Morgan fingerprint density at radius 2 is 1.90 bits per heavy atom. The number of rotatable bonds is 23. The van der Waals surface area contributed by atoms with Gasteiger partial charge in [-0.15, -0.1) is 0 Å². The van der Waals surface area contributed by atoms with Crippen LogP contribution in [0.3, 0.4) is 0 Å². The maximum absolute atomic E-state index is 11.8. The molecule has 0 amide bonds. The first-order valence-corrected chi connectivity index (χ1v) is 14.1. The SMILES string of the molecule is CCCC(/C=C/COCCNCC(=O)CCCOCSSCCNC(C)CC)CC. The Kier molecular flexibility index (Phi) is 23.6. The number of carbonyl (C=O) groups excluding carboxylic acids is 1. The summed E-state index contributed by atoms with van der Waals surface area (Å²) in [5.41, 5.74) is 0. The van der Waals surface area contributed by atoms with Gasteiger partial charge in [0.1, 0.15) is 11.7 Å². The van der Waals surface area contributed by atoms with Gasteiger partial charge >= 0.3 is 0 Å². The lowest BCUT2D eigenvalue weighted by Crippen LogP contribution is -2.27. The second-order valence-electron chi connectivity index (χ2n) is 7.51. The van der Waals surface area contributed by atoms with Crippen LogP contribution in [0.1, 0.15) is 66.2 Å². The summed E-state index contributed by atoms with van der Waals surface area (Å²) >= 11 is 0. The van der Waals surface area contributed by atoms with Crippen LogP contribution in [0.2, 0.25) is 0 Å². The van der Waals surface area contributed by atoms with Crippen LogP contribution in [0.25, 0.3) is 0 Å². The summed E-state index contributed by atoms with van der Waals surface area (Å²) in [4.78, 5) is 11.8. The second kappa shape index (κ2) is 23.6. The van der Waals surface area contributed by atoms with Gasteiger partial charge in [-0.05, 0) is 38.5 Å². The quantitative estimate of drug-likeness (QED) is 0.0951. The lowest BCUT2D eigenvalue weighted by molar-refractivity contribution is -0.118. The average Bonchev–Trinajstić information content (AvgIpc) is 2.75. The molecule has 2 N–H and O–H groups in total. The van der Waals surface area contributed by atoms with E-state index < -0.39 is 0 Å². The van der Waals surface area contributed by atoms with Crippen molar-refractivity contribution >= 4 is 27.4 Å². The maximum Gasteiger partial charge on any atom is 0.146 e. The molecule has 0 aliphatic heterocycles. The summed E-state index contributed by atoms with van der Waals surface area (Å²) in [6, 6.07) is 0.595. The van der Waals surface area contributed by atoms with Crippen LogP contribution in [-0.2, 0) is 14.3 Å². The van der Waals surface area contributed by atoms with Crippen LogP contribution < -0.4 is 10.6 Å². The molecular weight excluding hydrogens is 416 g/mol. The lowest BCUT2D eigenvalue weighted by Gasteiger charge is -2.10. The normalized spacial score (nSPS) is 13.7. The van der Waals surface area contributed by atoms with Crippen LogP contribution >= 0.6 is 21.6 Å². The predicted molar refractivity (Wildman–Crippen MR) is 134 cm³/mol. The molecule has 0 aliphatic rings. The number of hydrogen-bond acceptors (Lipinski definition) is 7. The first-order valence-electron chi connectivity index (χ1n) is 11.7. The van der Waals surface area contributed by atoms with E-state index in [9.17, 15) is 4.79 Å². The molecule has 7 heteroatoms. The number of hydrogen-bond donors (Lipinski definition) is 2. The van der Waals surface area contributed by atoms with Gasteiger partial charge in [0.2, 0.25) is 0 Å². The van der Waals surface area contributed by atoms with E-state index in [2.05, 4.69) is 50.5 Å². The fourth-order valence-corrected chi connectivity index (χ4v) is 4.30. The fraction of sp³-hybridized carbons (Fsp3) is 0.870. The molecule has 0 spiro atoms. The molecule has 0 aromatic carbocycles. The van der Waals surface area contributed by atoms with Gasteiger partial charge in [-0.2, -0.15) is 0 Å². The molecule has 2 atom stereocenters. The Hall–Kier alpha value is -0.0500. The highest BCUT2D eigenvalue weighted by atomic mass is 33.1. The van der Waals surface area contributed by atoms with Crippen molar-refractivity contribution in [3.8, 4) is 0 Å². The van der Waals surface area contributed by atoms with E-state index >= 15 is 0 Å². The van der Waals surface area contributed by atoms with Crippen LogP contribution in [0.5, 0.6) is 0 Å². The molecule has 0 aromatic rings. The maximum atomic E-state index is 11.8. The number of ketones is 1. The summed E-state index contributed by atoms with van der Waals surface area (Å²) in [7, 11) is 3.57. The number of carbonyl (C=O) groups is 1. The molecule has 0 rings (SSSR count). The Morgan fingerprint density at radius 1 is 1.07 bits per heavy atom. The van der Waals surface area contributed by atoms with Crippen LogP contribution in [0.15, 0.2) is 12.2 Å². The highest BCUT2D eigenvalue weighted by Gasteiger charge is 2.02. The number of nitrogens with one attached hydrogen (secondary N) is 2. The van der Waals surface area contributed by atoms with Crippen molar-refractivity contribution in [1.82, 2.24) is 10.6 Å². The van der Waals surface area contributed by atoms with Crippen molar-refractivity contribution in [3.05, 3.63) is 12.2 Å². The molecule has 2 unspecified atom stereocenters. The molecule has 0 saturated carbocycles. The van der Waals surface area contributed by atoms with E-state index in [1.165, 1.54) is 25.7 Å². The van der Waals surface area contributed by atoms with Crippen molar-refractivity contribution in [1.29, 1.82) is 0 Å². The first kappa shape index (κ1) is 29.9. The van der Waals surface area contributed by atoms with E-state index in [4.69, 9.17) is 9.47 Å².